The van der Waals surface area contributed by atoms with Gasteiger partial charge in [-0.1, -0.05) is 0 Å². The predicted molar refractivity (Wildman–Crippen MR) is 60.4 cm³/mol. The van der Waals surface area contributed by atoms with E-state index in [1.807, 2.05) is 13.2 Å². The monoisotopic (exact) mass is 222 g/mol. The molecule has 0 spiro atoms. The van der Waals surface area contributed by atoms with Crippen LogP contribution < -0.4 is 11.1 Å². The quantitative estimate of drug-likeness (QED) is 0.765. The van der Waals surface area contributed by atoms with Crippen molar-refractivity contribution in [2.24, 2.45) is 18.7 Å². The molecule has 1 aliphatic carbocycles. The van der Waals surface area contributed by atoms with Crippen LogP contribution in [0.25, 0.3) is 0 Å². The highest BCUT2D eigenvalue weighted by molar-refractivity contribution is 5.78. The number of amides is 1. The Morgan fingerprint density at radius 1 is 1.69 bits per heavy atom. The third-order valence-electron chi connectivity index (χ3n) is 3.07. The van der Waals surface area contributed by atoms with E-state index in [0.29, 0.717) is 6.54 Å². The minimum atomic E-state index is 0.103. The van der Waals surface area contributed by atoms with Gasteiger partial charge in [-0.05, 0) is 19.3 Å². The van der Waals surface area contributed by atoms with Crippen LogP contribution in [0.2, 0.25) is 0 Å². The van der Waals surface area contributed by atoms with Gasteiger partial charge in [-0.15, -0.1) is 0 Å². The van der Waals surface area contributed by atoms with Crippen LogP contribution in [0.5, 0.6) is 0 Å². The van der Waals surface area contributed by atoms with Crippen LogP contribution in [0.1, 0.15) is 24.8 Å². The first-order valence-corrected chi connectivity index (χ1v) is 5.66. The fourth-order valence-corrected chi connectivity index (χ4v) is 2.15. The molecule has 0 bridgehead atoms. The van der Waals surface area contributed by atoms with E-state index >= 15 is 0 Å². The van der Waals surface area contributed by atoms with E-state index in [-0.39, 0.29) is 17.9 Å². The Morgan fingerprint density at radius 2 is 2.50 bits per heavy atom. The first-order chi connectivity index (χ1) is 7.65. The van der Waals surface area contributed by atoms with E-state index in [0.717, 1.165) is 24.8 Å². The fraction of sp³-hybridized carbons (Fsp3) is 0.636. The van der Waals surface area contributed by atoms with Gasteiger partial charge >= 0.3 is 0 Å². The Kier molecular flexibility index (Phi) is 3.24. The maximum atomic E-state index is 11.8. The average Bonchev–Trinajstić information content (AvgIpc) is 2.84. The number of nitrogens with two attached hydrogens (primary N) is 1. The van der Waals surface area contributed by atoms with E-state index < -0.39 is 0 Å². The highest BCUT2D eigenvalue weighted by atomic mass is 16.1. The van der Waals surface area contributed by atoms with Gasteiger partial charge in [0.25, 0.3) is 0 Å². The predicted octanol–water partition coefficient (Wildman–Crippen LogP) is 0.164. The molecule has 1 heterocycles. The Hall–Kier alpha value is -1.36. The van der Waals surface area contributed by atoms with Gasteiger partial charge in [0.2, 0.25) is 5.91 Å². The third-order valence-corrected chi connectivity index (χ3v) is 3.07. The molecule has 5 nitrogen and oxygen atoms in total. The maximum absolute atomic E-state index is 11.8. The van der Waals surface area contributed by atoms with E-state index in [9.17, 15) is 4.79 Å². The number of nitrogens with one attached hydrogen (secondary N) is 1. The molecule has 1 aromatic heterocycles. The van der Waals surface area contributed by atoms with Crippen LogP contribution in [-0.4, -0.2) is 21.7 Å². The fourth-order valence-electron chi connectivity index (χ4n) is 2.15. The van der Waals surface area contributed by atoms with Crippen molar-refractivity contribution >= 4 is 5.91 Å². The zero-order valence-electron chi connectivity index (χ0n) is 9.52. The molecule has 0 saturated heterocycles. The molecule has 2 atom stereocenters. The summed E-state index contributed by atoms with van der Waals surface area (Å²) in [4.78, 5) is 11.8. The number of hydrogen-bond acceptors (Lipinski definition) is 3. The Balaban J connectivity index is 1.80. The van der Waals surface area contributed by atoms with Crippen molar-refractivity contribution in [3.05, 3.63) is 18.0 Å². The summed E-state index contributed by atoms with van der Waals surface area (Å²) in [6, 6.07) is 0.203. The molecule has 16 heavy (non-hydrogen) atoms. The van der Waals surface area contributed by atoms with Crippen molar-refractivity contribution < 1.29 is 4.79 Å². The molecule has 3 N–H and O–H groups in total. The first-order valence-electron chi connectivity index (χ1n) is 5.66. The van der Waals surface area contributed by atoms with Gasteiger partial charge in [-0.2, -0.15) is 5.10 Å². The molecule has 0 aromatic carbocycles. The zero-order valence-corrected chi connectivity index (χ0v) is 9.52. The lowest BCUT2D eigenvalue weighted by atomic mass is 10.1. The lowest BCUT2D eigenvalue weighted by molar-refractivity contribution is -0.125. The molecule has 1 aliphatic rings. The zero-order chi connectivity index (χ0) is 11.5. The molecule has 2 rings (SSSR count). The summed E-state index contributed by atoms with van der Waals surface area (Å²) in [7, 11) is 1.86. The van der Waals surface area contributed by atoms with Gasteiger partial charge in [0.05, 0.1) is 6.20 Å². The highest BCUT2D eigenvalue weighted by Crippen LogP contribution is 2.24. The highest BCUT2D eigenvalue weighted by Gasteiger charge is 2.27. The van der Waals surface area contributed by atoms with Crippen molar-refractivity contribution in [3.63, 3.8) is 0 Å². The van der Waals surface area contributed by atoms with Crippen molar-refractivity contribution in [1.82, 2.24) is 15.1 Å². The number of hydrogen-bond donors (Lipinski definition) is 2. The normalized spacial score (nSPS) is 24.6. The lowest BCUT2D eigenvalue weighted by Crippen LogP contribution is -2.29. The molecular weight excluding hydrogens is 204 g/mol. The molecular formula is C11H18N4O. The summed E-state index contributed by atoms with van der Waals surface area (Å²) in [6.45, 7) is 0.554. The second-order valence-electron chi connectivity index (χ2n) is 4.51. The number of aromatic nitrogens is 2. The number of nitrogens with zero attached hydrogens (tertiary/aromatic N) is 2. The first kappa shape index (κ1) is 11.1. The Morgan fingerprint density at radius 3 is 3.06 bits per heavy atom. The van der Waals surface area contributed by atoms with Gasteiger partial charge < -0.3 is 11.1 Å². The van der Waals surface area contributed by atoms with Crippen molar-refractivity contribution in [3.8, 4) is 0 Å². The molecule has 5 heteroatoms. The van der Waals surface area contributed by atoms with Crippen LogP contribution in [0, 0.1) is 5.92 Å². The summed E-state index contributed by atoms with van der Waals surface area (Å²) in [5.74, 6) is 0.225. The molecule has 2 unspecified atom stereocenters. The average molecular weight is 222 g/mol. The van der Waals surface area contributed by atoms with Crippen molar-refractivity contribution in [2.45, 2.75) is 31.8 Å². The smallest absolute Gasteiger partial charge is 0.223 e. The summed E-state index contributed by atoms with van der Waals surface area (Å²) in [6.07, 6.45) is 6.37. The molecule has 88 valence electrons. The molecule has 1 aromatic rings. The Bertz CT molecular complexity index is 374. The van der Waals surface area contributed by atoms with E-state index in [1.54, 1.807) is 10.9 Å². The molecule has 1 fully saturated rings. The molecule has 0 aliphatic heterocycles. The number of aryl methyl sites for hydroxylation is 1. The van der Waals surface area contributed by atoms with Crippen molar-refractivity contribution in [2.75, 3.05) is 0 Å². The summed E-state index contributed by atoms with van der Waals surface area (Å²) in [5.41, 5.74) is 6.81. The van der Waals surface area contributed by atoms with E-state index in [2.05, 4.69) is 10.4 Å². The topological polar surface area (TPSA) is 72.9 Å². The van der Waals surface area contributed by atoms with Crippen LogP contribution >= 0.6 is 0 Å². The second-order valence-corrected chi connectivity index (χ2v) is 4.51. The van der Waals surface area contributed by atoms with Gasteiger partial charge in [0, 0.05) is 37.3 Å². The Labute approximate surface area is 95.0 Å². The van der Waals surface area contributed by atoms with Crippen LogP contribution in [0.15, 0.2) is 12.4 Å². The van der Waals surface area contributed by atoms with Crippen LogP contribution in [-0.2, 0) is 18.4 Å². The molecule has 1 amide bonds. The number of carbonyl (C=O) groups excluding carboxylic acids is 1. The van der Waals surface area contributed by atoms with E-state index in [1.165, 1.54) is 0 Å². The molecule has 1 saturated carbocycles. The lowest BCUT2D eigenvalue weighted by Gasteiger charge is -2.09. The third kappa shape index (κ3) is 2.61. The summed E-state index contributed by atoms with van der Waals surface area (Å²) >= 11 is 0. The van der Waals surface area contributed by atoms with Gasteiger partial charge in [-0.25, -0.2) is 0 Å². The largest absolute Gasteiger partial charge is 0.352 e. The standard InChI is InChI=1S/C11H18N4O/c1-15-7-8(6-14-15)5-13-11(16)9-2-3-10(12)4-9/h6-7,9-10H,2-5,12H2,1H3,(H,13,16). The number of carbonyl (C=O) groups is 1. The summed E-state index contributed by atoms with van der Waals surface area (Å²) < 4.78 is 1.73. The summed E-state index contributed by atoms with van der Waals surface area (Å²) in [5, 5.41) is 6.98. The number of rotatable bonds is 3. The molecule has 0 radical (unpaired) electrons. The van der Waals surface area contributed by atoms with E-state index in [4.69, 9.17) is 5.73 Å². The SMILES string of the molecule is Cn1cc(CNC(=O)C2CCC(N)C2)cn1. The van der Waals surface area contributed by atoms with Crippen LogP contribution in [0.4, 0.5) is 0 Å². The van der Waals surface area contributed by atoms with Gasteiger partial charge in [0.15, 0.2) is 0 Å². The minimum absolute atomic E-state index is 0.103. The second kappa shape index (κ2) is 4.65. The maximum Gasteiger partial charge on any atom is 0.223 e. The van der Waals surface area contributed by atoms with Gasteiger partial charge in [0.1, 0.15) is 0 Å². The van der Waals surface area contributed by atoms with Crippen molar-refractivity contribution in [1.29, 1.82) is 0 Å². The minimum Gasteiger partial charge on any atom is -0.352 e. The van der Waals surface area contributed by atoms with Gasteiger partial charge in [-0.3, -0.25) is 9.48 Å². The van der Waals surface area contributed by atoms with Crippen LogP contribution in [0.3, 0.4) is 0 Å².